The molecule has 1 atom stereocenters. The van der Waals surface area contributed by atoms with Crippen molar-refractivity contribution in [2.75, 3.05) is 12.4 Å². The Hall–Kier alpha value is -3.42. The molecule has 2 aromatic heterocycles. The molecule has 0 spiro atoms. The van der Waals surface area contributed by atoms with Gasteiger partial charge in [-0.3, -0.25) is 4.98 Å². The van der Waals surface area contributed by atoms with Gasteiger partial charge in [0, 0.05) is 29.2 Å². The number of carbonyl (C=O) groups is 1. The third-order valence-electron chi connectivity index (χ3n) is 4.64. The Morgan fingerprint density at radius 1 is 1.21 bits per heavy atom. The number of ether oxygens (including phenoxy) is 1. The molecule has 0 saturated heterocycles. The molecule has 0 bridgehead atoms. The predicted molar refractivity (Wildman–Crippen MR) is 110 cm³/mol. The van der Waals surface area contributed by atoms with Gasteiger partial charge in [0.05, 0.1) is 7.11 Å². The normalized spacial score (nSPS) is 11.9. The average molecular weight is 395 g/mol. The first-order chi connectivity index (χ1) is 13.9. The summed E-state index contributed by atoms with van der Waals surface area (Å²) in [4.78, 5) is 21.2. The number of methoxy groups -OCH3 is 1. The van der Waals surface area contributed by atoms with Crippen LogP contribution in [-0.2, 0) is 0 Å². The number of rotatable bonds is 6. The highest BCUT2D eigenvalue weighted by molar-refractivity contribution is 5.90. The Bertz CT molecular complexity index is 985. The Morgan fingerprint density at radius 3 is 2.66 bits per heavy atom. The lowest BCUT2D eigenvalue weighted by atomic mass is 10.0. The van der Waals surface area contributed by atoms with Crippen molar-refractivity contribution in [3.8, 4) is 17.1 Å². The lowest BCUT2D eigenvalue weighted by Crippen LogP contribution is -2.35. The van der Waals surface area contributed by atoms with E-state index in [-0.39, 0.29) is 11.9 Å². The zero-order chi connectivity index (χ0) is 21.0. The van der Waals surface area contributed by atoms with Gasteiger partial charge in [-0.2, -0.15) is 4.98 Å². The van der Waals surface area contributed by atoms with E-state index < -0.39 is 6.04 Å². The summed E-state index contributed by atoms with van der Waals surface area (Å²) in [6.45, 7) is 7.80. The first-order valence-electron chi connectivity index (χ1n) is 9.36. The number of anilines is 1. The topological polar surface area (TPSA) is 102 Å². The zero-order valence-electron chi connectivity index (χ0n) is 17.2. The number of nitrogens with zero attached hydrogens (tertiary/aromatic N) is 3. The standard InChI is InChI=1S/C21H25N5O3/c1-12(2)17(20-25-19(26-29-20)15-7-6-10-22-11-15)24-21(27)23-16-9-8-13(3)18(28-5)14(16)4/h6-12,17H,1-5H3,(H2,23,24,27). The van der Waals surface area contributed by atoms with Gasteiger partial charge in [-0.25, -0.2) is 4.79 Å². The maximum Gasteiger partial charge on any atom is 0.319 e. The van der Waals surface area contributed by atoms with E-state index in [0.29, 0.717) is 17.4 Å². The molecule has 8 nitrogen and oxygen atoms in total. The third kappa shape index (κ3) is 4.53. The second-order valence-electron chi connectivity index (χ2n) is 7.11. The largest absolute Gasteiger partial charge is 0.496 e. The smallest absolute Gasteiger partial charge is 0.319 e. The maximum absolute atomic E-state index is 12.7. The van der Waals surface area contributed by atoms with Crippen molar-refractivity contribution in [1.29, 1.82) is 0 Å². The molecule has 152 valence electrons. The quantitative estimate of drug-likeness (QED) is 0.646. The van der Waals surface area contributed by atoms with Crippen LogP contribution in [0.15, 0.2) is 41.2 Å². The van der Waals surface area contributed by atoms with Gasteiger partial charge in [-0.1, -0.05) is 25.1 Å². The molecule has 2 N–H and O–H groups in total. The first kappa shape index (κ1) is 20.3. The lowest BCUT2D eigenvalue weighted by molar-refractivity contribution is 0.236. The van der Waals surface area contributed by atoms with Gasteiger partial charge >= 0.3 is 6.03 Å². The molecule has 29 heavy (non-hydrogen) atoms. The van der Waals surface area contributed by atoms with Gasteiger partial charge in [0.25, 0.3) is 0 Å². The van der Waals surface area contributed by atoms with E-state index in [1.165, 1.54) is 0 Å². The minimum atomic E-state index is -0.444. The van der Waals surface area contributed by atoms with Crippen molar-refractivity contribution in [2.45, 2.75) is 33.7 Å². The van der Waals surface area contributed by atoms with Crippen molar-refractivity contribution < 1.29 is 14.1 Å². The molecule has 1 unspecified atom stereocenters. The second kappa shape index (κ2) is 8.72. The van der Waals surface area contributed by atoms with E-state index >= 15 is 0 Å². The number of pyridine rings is 1. The summed E-state index contributed by atoms with van der Waals surface area (Å²) in [7, 11) is 1.61. The number of aromatic nitrogens is 3. The number of nitrogens with one attached hydrogen (secondary N) is 2. The fourth-order valence-electron chi connectivity index (χ4n) is 3.06. The predicted octanol–water partition coefficient (Wildman–Crippen LogP) is 4.28. The first-order valence-corrected chi connectivity index (χ1v) is 9.36. The summed E-state index contributed by atoms with van der Waals surface area (Å²) in [5, 5.41) is 9.81. The van der Waals surface area contributed by atoms with Crippen molar-refractivity contribution >= 4 is 11.7 Å². The van der Waals surface area contributed by atoms with Gasteiger partial charge in [0.2, 0.25) is 11.7 Å². The van der Waals surface area contributed by atoms with Crippen molar-refractivity contribution in [3.05, 3.63) is 53.7 Å². The molecule has 8 heteroatoms. The number of amides is 2. The van der Waals surface area contributed by atoms with Crippen molar-refractivity contribution in [2.24, 2.45) is 5.92 Å². The zero-order valence-corrected chi connectivity index (χ0v) is 17.2. The highest BCUT2D eigenvalue weighted by atomic mass is 16.5. The fraction of sp³-hybridized carbons (Fsp3) is 0.333. The summed E-state index contributed by atoms with van der Waals surface area (Å²) in [5.74, 6) is 1.56. The average Bonchev–Trinajstić information content (AvgIpc) is 3.19. The van der Waals surface area contributed by atoms with E-state index in [1.54, 1.807) is 25.6 Å². The van der Waals surface area contributed by atoms with Crippen LogP contribution in [0.2, 0.25) is 0 Å². The van der Waals surface area contributed by atoms with Crippen LogP contribution in [0.3, 0.4) is 0 Å². The summed E-state index contributed by atoms with van der Waals surface area (Å²) in [5.41, 5.74) is 3.29. The number of aryl methyl sites for hydroxylation is 1. The lowest BCUT2D eigenvalue weighted by Gasteiger charge is -2.20. The van der Waals surface area contributed by atoms with E-state index in [9.17, 15) is 4.79 Å². The van der Waals surface area contributed by atoms with Crippen LogP contribution in [0.25, 0.3) is 11.4 Å². The summed E-state index contributed by atoms with van der Waals surface area (Å²) in [6.07, 6.45) is 3.34. The van der Waals surface area contributed by atoms with E-state index in [1.807, 2.05) is 45.9 Å². The van der Waals surface area contributed by atoms with Crippen molar-refractivity contribution in [1.82, 2.24) is 20.4 Å². The molecule has 0 radical (unpaired) electrons. The molecule has 3 rings (SSSR count). The molecule has 2 heterocycles. The Kier molecular flexibility index (Phi) is 6.11. The highest BCUT2D eigenvalue weighted by Crippen LogP contribution is 2.29. The van der Waals surface area contributed by atoms with Crippen LogP contribution in [0.5, 0.6) is 5.75 Å². The van der Waals surface area contributed by atoms with Crippen LogP contribution in [0.1, 0.15) is 36.9 Å². The molecule has 0 aliphatic rings. The Balaban J connectivity index is 1.76. The van der Waals surface area contributed by atoms with Gasteiger partial charge in [0.15, 0.2) is 0 Å². The number of benzene rings is 1. The van der Waals surface area contributed by atoms with E-state index in [0.717, 1.165) is 22.4 Å². The molecule has 0 aliphatic carbocycles. The van der Waals surface area contributed by atoms with Crippen LogP contribution < -0.4 is 15.4 Å². The van der Waals surface area contributed by atoms with Crippen LogP contribution in [-0.4, -0.2) is 28.3 Å². The molecule has 3 aromatic rings. The number of hydrogen-bond donors (Lipinski definition) is 2. The van der Waals surface area contributed by atoms with Gasteiger partial charge < -0.3 is 19.9 Å². The Morgan fingerprint density at radius 2 is 2.00 bits per heavy atom. The summed E-state index contributed by atoms with van der Waals surface area (Å²) >= 11 is 0. The molecule has 2 amide bonds. The number of carbonyl (C=O) groups excluding carboxylic acids is 1. The molecular formula is C21H25N5O3. The van der Waals surface area contributed by atoms with Crippen LogP contribution in [0, 0.1) is 19.8 Å². The third-order valence-corrected chi connectivity index (χ3v) is 4.64. The molecular weight excluding hydrogens is 370 g/mol. The maximum atomic E-state index is 12.7. The summed E-state index contributed by atoms with van der Waals surface area (Å²) < 4.78 is 10.8. The van der Waals surface area contributed by atoms with Gasteiger partial charge in [0.1, 0.15) is 11.8 Å². The monoisotopic (exact) mass is 395 g/mol. The van der Waals surface area contributed by atoms with Crippen molar-refractivity contribution in [3.63, 3.8) is 0 Å². The second-order valence-corrected chi connectivity index (χ2v) is 7.11. The SMILES string of the molecule is COc1c(C)ccc(NC(=O)NC(c2nc(-c3cccnc3)no2)C(C)C)c1C. The molecule has 0 aliphatic heterocycles. The highest BCUT2D eigenvalue weighted by Gasteiger charge is 2.25. The number of hydrogen-bond acceptors (Lipinski definition) is 6. The van der Waals surface area contributed by atoms with Crippen LogP contribution >= 0.6 is 0 Å². The van der Waals surface area contributed by atoms with Gasteiger partial charge in [-0.05, 0) is 43.5 Å². The van der Waals surface area contributed by atoms with E-state index in [2.05, 4.69) is 25.8 Å². The fourth-order valence-corrected chi connectivity index (χ4v) is 3.06. The van der Waals surface area contributed by atoms with Gasteiger partial charge in [-0.15, -0.1) is 0 Å². The molecule has 0 fully saturated rings. The minimum Gasteiger partial charge on any atom is -0.496 e. The van der Waals surface area contributed by atoms with Crippen LogP contribution in [0.4, 0.5) is 10.5 Å². The molecule has 1 aromatic carbocycles. The van der Waals surface area contributed by atoms with E-state index in [4.69, 9.17) is 9.26 Å². The minimum absolute atomic E-state index is 0.0385. The Labute approximate surface area is 169 Å². The molecule has 0 saturated carbocycles. The summed E-state index contributed by atoms with van der Waals surface area (Å²) in [6, 6.07) is 6.60. The number of urea groups is 1.